The first-order valence-corrected chi connectivity index (χ1v) is 9.34. The Balaban J connectivity index is 1.54. The van der Waals surface area contributed by atoms with Crippen LogP contribution in [0.25, 0.3) is 0 Å². The molecule has 0 spiro atoms. The van der Waals surface area contributed by atoms with Gasteiger partial charge in [0.25, 0.3) is 0 Å². The van der Waals surface area contributed by atoms with E-state index in [1.807, 2.05) is 36.4 Å². The number of morpholine rings is 1. The van der Waals surface area contributed by atoms with Gasteiger partial charge in [0.05, 0.1) is 27.4 Å². The maximum atomic E-state index is 12.2. The van der Waals surface area contributed by atoms with Crippen molar-refractivity contribution in [2.45, 2.75) is 13.1 Å². The minimum atomic E-state index is -0.216. The van der Waals surface area contributed by atoms with Crippen LogP contribution in [0.1, 0.15) is 11.1 Å². The Bertz CT molecular complexity index is 791. The van der Waals surface area contributed by atoms with Crippen molar-refractivity contribution in [3.63, 3.8) is 0 Å². The number of nitrogens with one attached hydrogen (secondary N) is 2. The van der Waals surface area contributed by atoms with Gasteiger partial charge in [-0.05, 0) is 29.3 Å². The number of methoxy groups -OCH3 is 2. The molecular formula is C21H27N3O4. The Morgan fingerprint density at radius 2 is 1.71 bits per heavy atom. The van der Waals surface area contributed by atoms with Gasteiger partial charge in [-0.3, -0.25) is 0 Å². The zero-order chi connectivity index (χ0) is 19.8. The van der Waals surface area contributed by atoms with Crippen molar-refractivity contribution >= 4 is 11.7 Å². The van der Waals surface area contributed by atoms with Gasteiger partial charge >= 0.3 is 6.03 Å². The maximum absolute atomic E-state index is 12.2. The Labute approximate surface area is 165 Å². The molecule has 1 fully saturated rings. The monoisotopic (exact) mass is 385 g/mol. The van der Waals surface area contributed by atoms with Gasteiger partial charge in [-0.2, -0.15) is 0 Å². The van der Waals surface area contributed by atoms with Crippen LogP contribution in [0.15, 0.2) is 42.5 Å². The molecule has 2 amide bonds. The third kappa shape index (κ3) is 5.07. The summed E-state index contributed by atoms with van der Waals surface area (Å²) in [5, 5.41) is 5.81. The van der Waals surface area contributed by atoms with Crippen LogP contribution in [0.2, 0.25) is 0 Å². The van der Waals surface area contributed by atoms with Crippen LogP contribution in [-0.4, -0.2) is 46.6 Å². The van der Waals surface area contributed by atoms with Crippen molar-refractivity contribution in [2.75, 3.05) is 45.4 Å². The average molecular weight is 385 g/mol. The minimum absolute atomic E-state index is 0.216. The van der Waals surface area contributed by atoms with Crippen molar-refractivity contribution in [1.29, 1.82) is 0 Å². The normalized spacial score (nSPS) is 13.7. The number of hydrogen-bond acceptors (Lipinski definition) is 5. The van der Waals surface area contributed by atoms with Crippen LogP contribution in [-0.2, 0) is 17.8 Å². The Hall–Kier alpha value is -2.93. The number of benzene rings is 2. The van der Waals surface area contributed by atoms with E-state index in [9.17, 15) is 4.79 Å². The van der Waals surface area contributed by atoms with Crippen LogP contribution >= 0.6 is 0 Å². The molecule has 0 unspecified atom stereocenters. The molecular weight excluding hydrogens is 358 g/mol. The van der Waals surface area contributed by atoms with Crippen LogP contribution in [0.4, 0.5) is 10.5 Å². The number of anilines is 1. The summed E-state index contributed by atoms with van der Waals surface area (Å²) in [5.74, 6) is 1.30. The fourth-order valence-electron chi connectivity index (χ4n) is 3.18. The molecule has 1 heterocycles. The number of nitrogens with zero attached hydrogens (tertiary/aromatic N) is 1. The van der Waals surface area contributed by atoms with E-state index in [1.165, 1.54) is 0 Å². The van der Waals surface area contributed by atoms with Gasteiger partial charge in [0.1, 0.15) is 0 Å². The second-order valence-electron chi connectivity index (χ2n) is 6.45. The number of amides is 2. The Morgan fingerprint density at radius 3 is 2.46 bits per heavy atom. The van der Waals surface area contributed by atoms with Gasteiger partial charge in [0, 0.05) is 31.9 Å². The molecule has 150 valence electrons. The lowest BCUT2D eigenvalue weighted by Gasteiger charge is -2.30. The molecule has 7 nitrogen and oxygen atoms in total. The second kappa shape index (κ2) is 9.85. The number of carbonyl (C=O) groups is 1. The Morgan fingerprint density at radius 1 is 1.00 bits per heavy atom. The molecule has 1 aliphatic rings. The van der Waals surface area contributed by atoms with E-state index in [1.54, 1.807) is 14.2 Å². The molecule has 1 saturated heterocycles. The van der Waals surface area contributed by atoms with Crippen LogP contribution in [0.3, 0.4) is 0 Å². The van der Waals surface area contributed by atoms with Crippen molar-refractivity contribution in [3.05, 3.63) is 53.6 Å². The van der Waals surface area contributed by atoms with Gasteiger partial charge in [0.15, 0.2) is 11.5 Å². The van der Waals surface area contributed by atoms with Gasteiger partial charge in [-0.1, -0.05) is 24.3 Å². The van der Waals surface area contributed by atoms with E-state index in [-0.39, 0.29) is 6.03 Å². The zero-order valence-corrected chi connectivity index (χ0v) is 16.4. The fourth-order valence-corrected chi connectivity index (χ4v) is 3.18. The summed E-state index contributed by atoms with van der Waals surface area (Å²) in [6.45, 7) is 4.05. The molecule has 2 aromatic carbocycles. The van der Waals surface area contributed by atoms with Crippen molar-refractivity contribution in [2.24, 2.45) is 0 Å². The molecule has 0 bridgehead atoms. The van der Waals surface area contributed by atoms with E-state index < -0.39 is 0 Å². The highest BCUT2D eigenvalue weighted by Gasteiger charge is 2.14. The highest BCUT2D eigenvalue weighted by atomic mass is 16.5. The molecule has 0 atom stereocenters. The van der Waals surface area contributed by atoms with Gasteiger partial charge in [-0.25, -0.2) is 4.79 Å². The summed E-state index contributed by atoms with van der Waals surface area (Å²) in [7, 11) is 3.19. The van der Waals surface area contributed by atoms with Gasteiger partial charge in [-0.15, -0.1) is 0 Å². The molecule has 0 aliphatic carbocycles. The first-order valence-electron chi connectivity index (χ1n) is 9.34. The third-order valence-corrected chi connectivity index (χ3v) is 4.68. The number of rotatable bonds is 7. The van der Waals surface area contributed by atoms with E-state index in [0.717, 1.165) is 43.1 Å². The minimum Gasteiger partial charge on any atom is -0.493 e. The standard InChI is InChI=1S/C21H27N3O4/c1-26-19-8-7-16(13-20(19)27-2)14-22-21(25)23-15-17-5-3-4-6-18(17)24-9-11-28-12-10-24/h3-8,13H,9-12,14-15H2,1-2H3,(H2,22,23,25). The van der Waals surface area contributed by atoms with E-state index in [2.05, 4.69) is 21.6 Å². The lowest BCUT2D eigenvalue weighted by atomic mass is 10.1. The van der Waals surface area contributed by atoms with Gasteiger partial charge in [0.2, 0.25) is 0 Å². The van der Waals surface area contributed by atoms with Crippen LogP contribution in [0, 0.1) is 0 Å². The fraction of sp³-hybridized carbons (Fsp3) is 0.381. The molecule has 7 heteroatoms. The number of carbonyl (C=O) groups excluding carboxylic acids is 1. The SMILES string of the molecule is COc1ccc(CNC(=O)NCc2ccccc2N2CCOCC2)cc1OC. The molecule has 1 aliphatic heterocycles. The zero-order valence-electron chi connectivity index (χ0n) is 16.4. The molecule has 28 heavy (non-hydrogen) atoms. The topological polar surface area (TPSA) is 72.1 Å². The third-order valence-electron chi connectivity index (χ3n) is 4.68. The van der Waals surface area contributed by atoms with Crippen molar-refractivity contribution < 1.29 is 19.0 Å². The van der Waals surface area contributed by atoms with E-state index in [4.69, 9.17) is 14.2 Å². The summed E-state index contributed by atoms with van der Waals surface area (Å²) >= 11 is 0. The van der Waals surface area contributed by atoms with E-state index >= 15 is 0 Å². The summed E-state index contributed by atoms with van der Waals surface area (Å²) < 4.78 is 15.9. The Kier molecular flexibility index (Phi) is 6.97. The predicted octanol–water partition coefficient (Wildman–Crippen LogP) is 2.54. The summed E-state index contributed by atoms with van der Waals surface area (Å²) in [6.07, 6.45) is 0. The largest absolute Gasteiger partial charge is 0.493 e. The van der Waals surface area contributed by atoms with E-state index in [0.29, 0.717) is 24.6 Å². The highest BCUT2D eigenvalue weighted by molar-refractivity contribution is 5.74. The number of ether oxygens (including phenoxy) is 3. The lowest BCUT2D eigenvalue weighted by molar-refractivity contribution is 0.122. The number of hydrogen-bond donors (Lipinski definition) is 2. The summed E-state index contributed by atoms with van der Waals surface area (Å²) in [5.41, 5.74) is 3.16. The maximum Gasteiger partial charge on any atom is 0.315 e. The van der Waals surface area contributed by atoms with Crippen molar-refractivity contribution in [3.8, 4) is 11.5 Å². The quantitative estimate of drug-likeness (QED) is 0.766. The molecule has 0 saturated carbocycles. The molecule has 0 radical (unpaired) electrons. The number of para-hydroxylation sites is 1. The summed E-state index contributed by atoms with van der Waals surface area (Å²) in [6, 6.07) is 13.5. The average Bonchev–Trinajstić information content (AvgIpc) is 2.76. The smallest absolute Gasteiger partial charge is 0.315 e. The van der Waals surface area contributed by atoms with Crippen LogP contribution in [0.5, 0.6) is 11.5 Å². The molecule has 2 aromatic rings. The highest BCUT2D eigenvalue weighted by Crippen LogP contribution is 2.27. The lowest BCUT2D eigenvalue weighted by Crippen LogP contribution is -2.38. The van der Waals surface area contributed by atoms with Gasteiger partial charge < -0.3 is 29.7 Å². The van der Waals surface area contributed by atoms with Crippen molar-refractivity contribution in [1.82, 2.24) is 10.6 Å². The molecule has 2 N–H and O–H groups in total. The molecule has 0 aromatic heterocycles. The first kappa shape index (κ1) is 19.8. The van der Waals surface area contributed by atoms with Crippen LogP contribution < -0.4 is 25.0 Å². The first-order chi connectivity index (χ1) is 13.7. The molecule has 3 rings (SSSR count). The predicted molar refractivity (Wildman–Crippen MR) is 108 cm³/mol. The second-order valence-corrected chi connectivity index (χ2v) is 6.45. The number of urea groups is 1. The summed E-state index contributed by atoms with van der Waals surface area (Å²) in [4.78, 5) is 14.5.